The number of carbonyl (C=O) groups excluding carboxylic acids is 1. The lowest BCUT2D eigenvalue weighted by Gasteiger charge is -2.48. The molecule has 4 atom stereocenters. The van der Waals surface area contributed by atoms with Crippen molar-refractivity contribution < 1.29 is 14.3 Å². The van der Waals surface area contributed by atoms with Crippen LogP contribution in [0.4, 0.5) is 0 Å². The molecule has 1 amide bonds. The highest BCUT2D eigenvalue weighted by Crippen LogP contribution is 2.45. The Hall–Kier alpha value is -2.33. The lowest BCUT2D eigenvalue weighted by atomic mass is 9.64. The van der Waals surface area contributed by atoms with Crippen LogP contribution in [0.15, 0.2) is 54.6 Å². The van der Waals surface area contributed by atoms with Crippen LogP contribution in [0.5, 0.6) is 5.75 Å². The molecule has 136 valence electrons. The average Bonchev–Trinajstić information content (AvgIpc) is 3.10. The highest BCUT2D eigenvalue weighted by molar-refractivity contribution is 5.79. The number of methoxy groups -OCH3 is 1. The summed E-state index contributed by atoms with van der Waals surface area (Å²) < 4.78 is 11.1. The molecule has 26 heavy (non-hydrogen) atoms. The molecule has 2 aromatic carbocycles. The number of benzene rings is 2. The lowest BCUT2D eigenvalue weighted by molar-refractivity contribution is -0.126. The van der Waals surface area contributed by atoms with E-state index in [2.05, 4.69) is 29.6 Å². The number of rotatable bonds is 6. The van der Waals surface area contributed by atoms with E-state index in [9.17, 15) is 4.79 Å². The van der Waals surface area contributed by atoms with E-state index in [1.807, 2.05) is 30.3 Å². The van der Waals surface area contributed by atoms with Gasteiger partial charge in [0.05, 0.1) is 19.6 Å². The molecule has 1 aliphatic heterocycles. The van der Waals surface area contributed by atoms with Gasteiger partial charge in [-0.3, -0.25) is 4.79 Å². The third kappa shape index (κ3) is 3.47. The summed E-state index contributed by atoms with van der Waals surface area (Å²) >= 11 is 0. The second-order valence-corrected chi connectivity index (χ2v) is 7.26. The fourth-order valence-electron chi connectivity index (χ4n) is 4.34. The number of amides is 1. The van der Waals surface area contributed by atoms with Crippen LogP contribution in [0.2, 0.25) is 0 Å². The molecule has 1 saturated heterocycles. The maximum Gasteiger partial charge on any atom is 0.224 e. The van der Waals surface area contributed by atoms with Crippen molar-refractivity contribution in [3.8, 4) is 5.75 Å². The molecule has 4 heteroatoms. The van der Waals surface area contributed by atoms with Crippen molar-refractivity contribution >= 4 is 5.91 Å². The number of ether oxygens (including phenoxy) is 2. The van der Waals surface area contributed by atoms with Gasteiger partial charge >= 0.3 is 0 Å². The van der Waals surface area contributed by atoms with E-state index < -0.39 is 0 Å². The lowest BCUT2D eigenvalue weighted by Crippen LogP contribution is -2.62. The topological polar surface area (TPSA) is 47.6 Å². The third-order valence-corrected chi connectivity index (χ3v) is 5.69. The van der Waals surface area contributed by atoms with E-state index in [1.54, 1.807) is 7.11 Å². The van der Waals surface area contributed by atoms with Crippen LogP contribution in [0.3, 0.4) is 0 Å². The van der Waals surface area contributed by atoms with Crippen LogP contribution in [-0.2, 0) is 22.4 Å². The Labute approximate surface area is 154 Å². The van der Waals surface area contributed by atoms with Crippen LogP contribution in [0.1, 0.15) is 17.5 Å². The fourth-order valence-corrected chi connectivity index (χ4v) is 4.34. The number of nitrogens with one attached hydrogen (secondary N) is 1. The van der Waals surface area contributed by atoms with E-state index in [4.69, 9.17) is 9.47 Å². The van der Waals surface area contributed by atoms with Gasteiger partial charge in [0.25, 0.3) is 0 Å². The first-order chi connectivity index (χ1) is 12.7. The van der Waals surface area contributed by atoms with Gasteiger partial charge in [0.15, 0.2) is 0 Å². The average molecular weight is 351 g/mol. The maximum atomic E-state index is 12.6. The smallest absolute Gasteiger partial charge is 0.224 e. The third-order valence-electron chi connectivity index (χ3n) is 5.69. The summed E-state index contributed by atoms with van der Waals surface area (Å²) in [5.41, 5.74) is 2.31. The number of hydrogen-bond acceptors (Lipinski definition) is 3. The van der Waals surface area contributed by atoms with Gasteiger partial charge in [-0.2, -0.15) is 0 Å². The minimum Gasteiger partial charge on any atom is -0.497 e. The molecule has 0 aromatic heterocycles. The Morgan fingerprint density at radius 1 is 1.12 bits per heavy atom. The van der Waals surface area contributed by atoms with Crippen LogP contribution in [-0.4, -0.2) is 31.8 Å². The first-order valence-electron chi connectivity index (χ1n) is 9.32. The molecular weight excluding hydrogens is 326 g/mol. The van der Waals surface area contributed by atoms with Crippen LogP contribution < -0.4 is 10.1 Å². The monoisotopic (exact) mass is 351 g/mol. The van der Waals surface area contributed by atoms with Gasteiger partial charge in [0.1, 0.15) is 5.75 Å². The van der Waals surface area contributed by atoms with Crippen molar-refractivity contribution in [3.05, 3.63) is 65.7 Å². The molecule has 4 rings (SSSR count). The Morgan fingerprint density at radius 3 is 2.62 bits per heavy atom. The zero-order chi connectivity index (χ0) is 17.9. The molecule has 1 aliphatic carbocycles. The van der Waals surface area contributed by atoms with Gasteiger partial charge in [-0.15, -0.1) is 0 Å². The van der Waals surface area contributed by atoms with E-state index in [1.165, 1.54) is 5.56 Å². The van der Waals surface area contributed by atoms with Gasteiger partial charge in [-0.1, -0.05) is 42.5 Å². The molecule has 4 nitrogen and oxygen atoms in total. The van der Waals surface area contributed by atoms with Crippen molar-refractivity contribution in [1.82, 2.24) is 5.32 Å². The molecule has 2 aliphatic rings. The summed E-state index contributed by atoms with van der Waals surface area (Å²) in [6.45, 7) is 0.811. The molecule has 0 unspecified atom stereocenters. The van der Waals surface area contributed by atoms with Crippen LogP contribution >= 0.6 is 0 Å². The van der Waals surface area contributed by atoms with E-state index in [0.29, 0.717) is 24.4 Å². The van der Waals surface area contributed by atoms with Crippen LogP contribution in [0.25, 0.3) is 0 Å². The highest BCUT2D eigenvalue weighted by atomic mass is 16.5. The predicted molar refractivity (Wildman–Crippen MR) is 100 cm³/mol. The zero-order valence-corrected chi connectivity index (χ0v) is 15.1. The second kappa shape index (κ2) is 7.50. The van der Waals surface area contributed by atoms with E-state index in [0.717, 1.165) is 30.8 Å². The molecule has 1 heterocycles. The number of carbonyl (C=O) groups is 1. The van der Waals surface area contributed by atoms with E-state index in [-0.39, 0.29) is 11.9 Å². The van der Waals surface area contributed by atoms with Gasteiger partial charge in [0, 0.05) is 24.5 Å². The fraction of sp³-hybridized carbons (Fsp3) is 0.409. The summed E-state index contributed by atoms with van der Waals surface area (Å²) in [5, 5.41) is 3.29. The summed E-state index contributed by atoms with van der Waals surface area (Å²) in [4.78, 5) is 12.6. The minimum absolute atomic E-state index is 0.0866. The standard InChI is InChI=1S/C22H25NO3/c1-25-17-9-7-16(8-10-17)14-20(24)23-21-18-11-12-26-22(18)19(21)13-15-5-3-2-4-6-15/h2-10,18-19,21-22H,11-14H2,1H3,(H,23,24)/t18-,19+,21-,22-/m0/s1. The van der Waals surface area contributed by atoms with Crippen molar-refractivity contribution in [2.24, 2.45) is 11.8 Å². The quantitative estimate of drug-likeness (QED) is 0.870. The summed E-state index contributed by atoms with van der Waals surface area (Å²) in [6, 6.07) is 18.4. The number of hydrogen-bond donors (Lipinski definition) is 1. The zero-order valence-electron chi connectivity index (χ0n) is 15.1. The van der Waals surface area contributed by atoms with E-state index >= 15 is 0 Å². The Kier molecular flexibility index (Phi) is 4.93. The molecule has 2 aromatic rings. The minimum atomic E-state index is 0.0866. The molecule has 0 spiro atoms. The second-order valence-electron chi connectivity index (χ2n) is 7.26. The Bertz CT molecular complexity index is 744. The van der Waals surface area contributed by atoms with Crippen molar-refractivity contribution in [1.29, 1.82) is 0 Å². The number of fused-ring (bicyclic) bond motifs is 1. The molecule has 2 fully saturated rings. The molecular formula is C22H25NO3. The Balaban J connectivity index is 1.39. The van der Waals surface area contributed by atoms with Gasteiger partial charge in [-0.05, 0) is 36.1 Å². The predicted octanol–water partition coefficient (Wildman–Crippen LogP) is 3.00. The van der Waals surface area contributed by atoms with Crippen LogP contribution in [0, 0.1) is 11.8 Å². The largest absolute Gasteiger partial charge is 0.497 e. The van der Waals surface area contributed by atoms with Gasteiger partial charge in [0.2, 0.25) is 5.91 Å². The maximum absolute atomic E-state index is 12.6. The molecule has 1 saturated carbocycles. The summed E-state index contributed by atoms with van der Waals surface area (Å²) in [5.74, 6) is 1.72. The van der Waals surface area contributed by atoms with Crippen molar-refractivity contribution in [3.63, 3.8) is 0 Å². The summed E-state index contributed by atoms with van der Waals surface area (Å²) in [7, 11) is 1.64. The molecule has 0 radical (unpaired) electrons. The van der Waals surface area contributed by atoms with Gasteiger partial charge in [-0.25, -0.2) is 0 Å². The van der Waals surface area contributed by atoms with Crippen molar-refractivity contribution in [2.45, 2.75) is 31.4 Å². The summed E-state index contributed by atoms with van der Waals surface area (Å²) in [6.07, 6.45) is 2.69. The first kappa shape index (κ1) is 17.1. The first-order valence-corrected chi connectivity index (χ1v) is 9.32. The Morgan fingerprint density at radius 2 is 1.88 bits per heavy atom. The normalized spacial score (nSPS) is 26.7. The molecule has 1 N–H and O–H groups in total. The molecule has 0 bridgehead atoms. The van der Waals surface area contributed by atoms with Gasteiger partial charge < -0.3 is 14.8 Å². The SMILES string of the molecule is COc1ccc(CC(=O)N[C@@H]2[C@@H](Cc3ccccc3)[C@H]3OCC[C@@H]23)cc1. The van der Waals surface area contributed by atoms with Crippen molar-refractivity contribution in [2.75, 3.05) is 13.7 Å². The highest BCUT2D eigenvalue weighted by Gasteiger charge is 2.53.